The van der Waals surface area contributed by atoms with Crippen LogP contribution >= 0.6 is 0 Å². The Morgan fingerprint density at radius 1 is 0.260 bits per heavy atom. The summed E-state index contributed by atoms with van der Waals surface area (Å²) in [5.74, 6) is -14.6. The number of carbonyl (C=O) groups excluding carboxylic acids is 19. The number of aliphatic hydroxyl groups is 6. The second kappa shape index (κ2) is 42.7. The predicted octanol–water partition coefficient (Wildman–Crippen LogP) is -12.1. The monoisotopic (exact) mass is 1850 g/mol. The van der Waals surface area contributed by atoms with Crippen LogP contribution in [0.3, 0.4) is 0 Å². The van der Waals surface area contributed by atoms with Crippen molar-refractivity contribution in [3.8, 4) is 0 Å². The standard InChI is InChI=1S/C83H123N21O27/c84-18-2-1-10-50(85)76(123)92-19-3-11-51(92)70(117)86-32-64(111)99-38-44(105)26-58(99)77(124)93-20-4-12-52(93)71(118)87-33-65(112)100-39-45(106)27-59(100)78(125)94-21-5-13-53(94)72(119)88-34-66(113)101-40-46(107)28-60(101)79(126)95-22-6-14-54(95)73(120)89-35-67(114)102-41-47(108)29-61(102)80(127)96-23-7-15-55(96)74(121)90-36-68(115)103-42-48(109)30-62(103)81(128)97-24-8-16-56(97)75(122)91-37-69(116)104-43-49(110)31-63(104)82(129)98-25-9-17-57(98)83(130)131/h44-63,105-110H,1-43,84-85H2,(H,86,117)(H,87,118)(H,88,119)(H,89,120)(H,90,121)(H,91,122)(H,130,131)/t44-,45-,46-,47-,48-,49-,50+,51+,52+,53+,54+,55+,56+,57+,58+,59+,60+,61+,62+,63+/m1/s1. The van der Waals surface area contributed by atoms with Crippen molar-refractivity contribution in [2.75, 3.05) is 131 Å². The van der Waals surface area contributed by atoms with Gasteiger partial charge in [-0.05, 0) is 109 Å². The van der Waals surface area contributed by atoms with Gasteiger partial charge in [-0.3, -0.25) is 91.1 Å². The Bertz CT molecular complexity index is 4400. The number of nitrogens with one attached hydrogen (secondary N) is 6. The fourth-order valence-electron chi connectivity index (χ4n) is 21.3. The first-order valence-corrected chi connectivity index (χ1v) is 45.9. The first kappa shape index (κ1) is 97.6. The van der Waals surface area contributed by atoms with Crippen LogP contribution in [0.1, 0.15) is 148 Å². The van der Waals surface area contributed by atoms with Crippen molar-refractivity contribution >= 4 is 118 Å². The van der Waals surface area contributed by atoms with Gasteiger partial charge < -0.3 is 143 Å². The molecule has 0 saturated carbocycles. The highest BCUT2D eigenvalue weighted by atomic mass is 16.4. The molecule has 48 heteroatoms. The maximum Gasteiger partial charge on any atom is 0.326 e. The second-order valence-corrected chi connectivity index (χ2v) is 36.6. The van der Waals surface area contributed by atoms with Crippen LogP contribution in [0, 0.1) is 0 Å². The van der Waals surface area contributed by atoms with Crippen molar-refractivity contribution in [3.05, 3.63) is 0 Å². The lowest BCUT2D eigenvalue weighted by atomic mass is 10.1. The van der Waals surface area contributed by atoms with E-state index >= 15 is 0 Å². The van der Waals surface area contributed by atoms with Gasteiger partial charge in [-0.15, -0.1) is 0 Å². The molecule has 131 heavy (non-hydrogen) atoms. The zero-order valence-electron chi connectivity index (χ0n) is 73.2. The van der Waals surface area contributed by atoms with E-state index in [4.69, 9.17) is 11.5 Å². The number of hydrogen-bond acceptors (Lipinski definition) is 28. The molecule has 0 bridgehead atoms. The molecule has 0 aliphatic carbocycles. The van der Waals surface area contributed by atoms with Gasteiger partial charge in [0.05, 0.1) is 81.9 Å². The third kappa shape index (κ3) is 21.7. The molecule has 13 rings (SSSR count). The van der Waals surface area contributed by atoms with E-state index in [0.717, 1.165) is 29.4 Å². The molecular weight excluding hydrogens is 1720 g/mol. The van der Waals surface area contributed by atoms with Gasteiger partial charge in [-0.1, -0.05) is 6.42 Å². The van der Waals surface area contributed by atoms with E-state index in [2.05, 4.69) is 31.9 Å². The number of nitrogens with zero attached hydrogens (tertiary/aromatic N) is 13. The molecule has 0 radical (unpaired) electrons. The molecule has 0 unspecified atom stereocenters. The van der Waals surface area contributed by atoms with Crippen LogP contribution in [0.5, 0.6) is 0 Å². The highest BCUT2D eigenvalue weighted by molar-refractivity contribution is 6.02. The number of likely N-dealkylation sites (tertiary alicyclic amines) is 13. The first-order chi connectivity index (χ1) is 62.5. The number of carboxylic acid groups (broad SMARTS) is 1. The quantitative estimate of drug-likeness (QED) is 0.0297. The zero-order valence-corrected chi connectivity index (χ0v) is 73.2. The molecular formula is C83H123N21O27. The molecule has 0 aromatic heterocycles. The lowest BCUT2D eigenvalue weighted by Gasteiger charge is -2.32. The molecule has 19 amide bonds. The van der Waals surface area contributed by atoms with Crippen LogP contribution < -0.4 is 43.4 Å². The molecule has 17 N–H and O–H groups in total. The number of rotatable bonds is 30. The van der Waals surface area contributed by atoms with Crippen molar-refractivity contribution in [1.82, 2.24) is 95.6 Å². The van der Waals surface area contributed by atoms with Gasteiger partial charge in [0.25, 0.3) is 0 Å². The Balaban J connectivity index is 0.538. The molecule has 13 aliphatic heterocycles. The number of β-amino-alcohol motifs (C(OH)–C–C–N with tert-alkyl or cyclic N) is 6. The number of aliphatic carboxylic acids is 1. The summed E-state index contributed by atoms with van der Waals surface area (Å²) < 4.78 is 0. The normalized spacial score (nSPS) is 30.2. The van der Waals surface area contributed by atoms with Crippen molar-refractivity contribution in [2.24, 2.45) is 11.5 Å². The Labute approximate surface area is 753 Å². The minimum Gasteiger partial charge on any atom is -0.480 e. The van der Waals surface area contributed by atoms with Crippen LogP contribution in [-0.4, -0.2) is 470 Å². The van der Waals surface area contributed by atoms with E-state index in [1.165, 1.54) is 34.3 Å². The fraction of sp³-hybridized carbons (Fsp3) is 0.759. The number of carbonyl (C=O) groups is 20. The van der Waals surface area contributed by atoms with Crippen molar-refractivity contribution in [1.29, 1.82) is 0 Å². The molecule has 48 nitrogen and oxygen atoms in total. The van der Waals surface area contributed by atoms with E-state index in [1.807, 2.05) is 0 Å². The minimum atomic E-state index is -1.32. The highest BCUT2D eigenvalue weighted by Gasteiger charge is 2.54. The molecule has 13 heterocycles. The number of hydrogen-bond donors (Lipinski definition) is 15. The second-order valence-electron chi connectivity index (χ2n) is 36.6. The number of amides is 19. The third-order valence-electron chi connectivity index (χ3n) is 27.9. The average molecular weight is 1850 g/mol. The van der Waals surface area contributed by atoms with Crippen LogP contribution in [-0.2, 0) is 95.9 Å². The topological polar surface area (TPSA) is 649 Å². The zero-order chi connectivity index (χ0) is 94.2. The van der Waals surface area contributed by atoms with E-state index in [0.29, 0.717) is 83.7 Å². The van der Waals surface area contributed by atoms with Crippen molar-refractivity contribution < 1.29 is 132 Å². The molecule has 0 spiro atoms. The Hall–Kier alpha value is -10.9. The fourth-order valence-corrected chi connectivity index (χ4v) is 21.3. The van der Waals surface area contributed by atoms with Crippen LogP contribution in [0.2, 0.25) is 0 Å². The molecule has 722 valence electrons. The Morgan fingerprint density at radius 2 is 0.443 bits per heavy atom. The summed E-state index contributed by atoms with van der Waals surface area (Å²) in [6.07, 6.45) is -2.69. The molecule has 13 fully saturated rings. The van der Waals surface area contributed by atoms with E-state index in [1.54, 1.807) is 0 Å². The third-order valence-corrected chi connectivity index (χ3v) is 27.9. The van der Waals surface area contributed by atoms with Gasteiger partial charge in [0.2, 0.25) is 112 Å². The van der Waals surface area contributed by atoms with Gasteiger partial charge in [0.1, 0.15) is 78.5 Å². The van der Waals surface area contributed by atoms with Crippen molar-refractivity contribution in [2.45, 2.75) is 269 Å². The maximum atomic E-state index is 14.5. The summed E-state index contributed by atoms with van der Waals surface area (Å²) in [5, 5.41) is 89.7. The number of unbranched alkanes of at least 4 members (excludes halogenated alkanes) is 1. The van der Waals surface area contributed by atoms with Gasteiger partial charge >= 0.3 is 5.97 Å². The summed E-state index contributed by atoms with van der Waals surface area (Å²) in [5.41, 5.74) is 11.7. The molecule has 20 atom stereocenters. The van der Waals surface area contributed by atoms with Gasteiger partial charge in [0.15, 0.2) is 0 Å². The van der Waals surface area contributed by atoms with Crippen LogP contribution in [0.15, 0.2) is 0 Å². The molecule has 0 aromatic rings. The maximum absolute atomic E-state index is 14.5. The number of carboxylic acids is 1. The van der Waals surface area contributed by atoms with Gasteiger partial charge in [0, 0.05) is 124 Å². The summed E-state index contributed by atoms with van der Waals surface area (Å²) in [6.45, 7) is -4.63. The predicted molar refractivity (Wildman–Crippen MR) is 446 cm³/mol. The number of aliphatic hydroxyl groups excluding tert-OH is 6. The summed E-state index contributed by atoms with van der Waals surface area (Å²) in [7, 11) is 0. The SMILES string of the molecule is NCCCC[C@H](N)C(=O)N1CCC[C@H]1C(=O)NCC(=O)N1C[C@H](O)C[C@H]1C(=O)N1CCC[C@H]1C(=O)NCC(=O)N1C[C@H](O)C[C@H]1C(=O)N1CCC[C@H]1C(=O)NCC(=O)N1C[C@H](O)C[C@H]1C(=O)N1CCC[C@H]1C(=O)NCC(=O)N1C[C@H](O)C[C@H]1C(=O)N1CCC[C@H]1C(=O)NCC(=O)N1C[C@H](O)C[C@H]1C(=O)N1CCC[C@H]1C(=O)NCC(=O)N1C[C@H](O)C[C@H]1C(=O)N1CCC[C@H]1C(=O)O. The van der Waals surface area contributed by atoms with Gasteiger partial charge in [-0.25, -0.2) is 4.79 Å². The van der Waals surface area contributed by atoms with E-state index in [9.17, 15) is 132 Å². The molecule has 0 aromatic carbocycles. The lowest BCUT2D eigenvalue weighted by Crippen LogP contribution is -2.57. The smallest absolute Gasteiger partial charge is 0.326 e. The molecule has 13 saturated heterocycles. The van der Waals surface area contributed by atoms with Gasteiger partial charge in [-0.2, -0.15) is 0 Å². The average Bonchev–Trinajstić information content (AvgIpc) is 1.67. The lowest BCUT2D eigenvalue weighted by molar-refractivity contribution is -0.151. The summed E-state index contributed by atoms with van der Waals surface area (Å²) >= 11 is 0. The Morgan fingerprint density at radius 3 is 0.641 bits per heavy atom. The summed E-state index contributed by atoms with van der Waals surface area (Å²) in [6, 6.07) is -16.1. The summed E-state index contributed by atoms with van der Waals surface area (Å²) in [4.78, 5) is 292. The largest absolute Gasteiger partial charge is 0.480 e. The highest BCUT2D eigenvalue weighted by Crippen LogP contribution is 2.34. The van der Waals surface area contributed by atoms with E-state index < -0.39 is 273 Å². The van der Waals surface area contributed by atoms with Crippen LogP contribution in [0.25, 0.3) is 0 Å². The Kier molecular flexibility index (Phi) is 31.8. The number of nitrogens with two attached hydrogens (primary N) is 2. The van der Waals surface area contributed by atoms with E-state index in [-0.39, 0.29) is 161 Å². The van der Waals surface area contributed by atoms with Crippen LogP contribution in [0.4, 0.5) is 0 Å². The molecule has 13 aliphatic rings. The van der Waals surface area contributed by atoms with Crippen molar-refractivity contribution in [3.63, 3.8) is 0 Å². The minimum absolute atomic E-state index is 0.0247. The first-order valence-electron chi connectivity index (χ1n) is 45.9.